The lowest BCUT2D eigenvalue weighted by molar-refractivity contribution is -0.116. The summed E-state index contributed by atoms with van der Waals surface area (Å²) in [5.74, 6) is 0.0122. The van der Waals surface area contributed by atoms with E-state index in [0.29, 0.717) is 17.9 Å². The summed E-state index contributed by atoms with van der Waals surface area (Å²) in [5, 5.41) is 17.8. The summed E-state index contributed by atoms with van der Waals surface area (Å²) in [6, 6.07) is 13.4. The van der Waals surface area contributed by atoms with Crippen molar-refractivity contribution in [3.63, 3.8) is 0 Å². The first kappa shape index (κ1) is 15.6. The second-order valence-corrected chi connectivity index (χ2v) is 6.93. The summed E-state index contributed by atoms with van der Waals surface area (Å²) in [4.78, 5) is 11.9. The van der Waals surface area contributed by atoms with Gasteiger partial charge in [0.25, 0.3) is 0 Å². The highest BCUT2D eigenvalue weighted by molar-refractivity contribution is 6.30. The van der Waals surface area contributed by atoms with Crippen LogP contribution in [-0.4, -0.2) is 17.1 Å². The van der Waals surface area contributed by atoms with Crippen molar-refractivity contribution in [2.45, 2.75) is 37.5 Å². The molecule has 4 rings (SSSR count). The van der Waals surface area contributed by atoms with Crippen molar-refractivity contribution in [1.29, 1.82) is 0 Å². The van der Waals surface area contributed by atoms with Crippen LogP contribution in [0.5, 0.6) is 0 Å². The molecule has 24 heavy (non-hydrogen) atoms. The fourth-order valence-electron chi connectivity index (χ4n) is 3.73. The summed E-state index contributed by atoms with van der Waals surface area (Å²) < 4.78 is 0. The number of halogens is 1. The molecule has 1 aliphatic carbocycles. The zero-order chi connectivity index (χ0) is 16.7. The topological polar surface area (TPSA) is 61.4 Å². The predicted octanol–water partition coefficient (Wildman–Crippen LogP) is 3.36. The lowest BCUT2D eigenvalue weighted by Crippen LogP contribution is -2.36. The van der Waals surface area contributed by atoms with Crippen molar-refractivity contribution in [3.8, 4) is 0 Å². The van der Waals surface area contributed by atoms with Crippen LogP contribution in [0.1, 0.15) is 41.7 Å². The number of rotatable bonds is 2. The summed E-state index contributed by atoms with van der Waals surface area (Å²) in [7, 11) is 0. The molecule has 3 N–H and O–H groups in total. The quantitative estimate of drug-likeness (QED) is 0.784. The van der Waals surface area contributed by atoms with Gasteiger partial charge >= 0.3 is 0 Å². The molecular weight excluding hydrogens is 324 g/mol. The van der Waals surface area contributed by atoms with Crippen LogP contribution in [0.4, 0.5) is 5.69 Å². The maximum absolute atomic E-state index is 11.9. The van der Waals surface area contributed by atoms with Gasteiger partial charge in [0.15, 0.2) is 0 Å². The maximum atomic E-state index is 11.9. The Morgan fingerprint density at radius 3 is 2.83 bits per heavy atom. The Kier molecular flexibility index (Phi) is 4.04. The Bertz CT molecular complexity index is 793. The molecule has 124 valence electrons. The van der Waals surface area contributed by atoms with Gasteiger partial charge in [0.1, 0.15) is 0 Å². The van der Waals surface area contributed by atoms with Gasteiger partial charge in [-0.25, -0.2) is 0 Å². The number of fused-ring (bicyclic) bond motifs is 2. The largest absolute Gasteiger partial charge is 0.387 e. The number of benzene rings is 2. The van der Waals surface area contributed by atoms with Gasteiger partial charge in [0, 0.05) is 29.2 Å². The van der Waals surface area contributed by atoms with E-state index < -0.39 is 6.10 Å². The molecule has 2 aromatic rings. The fraction of sp³-hybridized carbons (Fsp3) is 0.316. The first-order chi connectivity index (χ1) is 11.6. The Balaban J connectivity index is 1.61. The number of hydrogen-bond donors (Lipinski definition) is 3. The van der Waals surface area contributed by atoms with Crippen LogP contribution < -0.4 is 10.6 Å². The van der Waals surface area contributed by atoms with E-state index in [9.17, 15) is 9.90 Å². The van der Waals surface area contributed by atoms with E-state index in [1.54, 1.807) is 6.07 Å². The number of carbonyl (C=O) groups excluding carboxylic acids is 1. The third-order valence-corrected chi connectivity index (χ3v) is 5.17. The van der Waals surface area contributed by atoms with Crippen molar-refractivity contribution < 1.29 is 9.90 Å². The van der Waals surface area contributed by atoms with Crippen molar-refractivity contribution in [1.82, 2.24) is 5.32 Å². The highest BCUT2D eigenvalue weighted by Crippen LogP contribution is 2.36. The van der Waals surface area contributed by atoms with Crippen LogP contribution >= 0.6 is 11.6 Å². The van der Waals surface area contributed by atoms with E-state index in [0.717, 1.165) is 23.2 Å². The minimum absolute atomic E-state index is 0.0122. The lowest BCUT2D eigenvalue weighted by Gasteiger charge is -2.25. The van der Waals surface area contributed by atoms with Gasteiger partial charge in [0.2, 0.25) is 5.91 Å². The normalized spacial score (nSPS) is 25.6. The summed E-state index contributed by atoms with van der Waals surface area (Å²) in [6.45, 7) is 0. The van der Waals surface area contributed by atoms with Gasteiger partial charge in [-0.15, -0.1) is 0 Å². The number of hydrogen-bond acceptors (Lipinski definition) is 3. The molecule has 5 heteroatoms. The maximum Gasteiger partial charge on any atom is 0.224 e. The molecule has 3 atom stereocenters. The average Bonchev–Trinajstić information content (AvgIpc) is 2.80. The monoisotopic (exact) mass is 342 g/mol. The highest BCUT2D eigenvalue weighted by Gasteiger charge is 2.33. The van der Waals surface area contributed by atoms with E-state index in [1.807, 2.05) is 30.3 Å². The van der Waals surface area contributed by atoms with Crippen LogP contribution in [0, 0.1) is 0 Å². The molecule has 0 radical (unpaired) electrons. The van der Waals surface area contributed by atoms with Gasteiger partial charge in [-0.2, -0.15) is 0 Å². The van der Waals surface area contributed by atoms with Crippen LogP contribution in [-0.2, 0) is 11.2 Å². The van der Waals surface area contributed by atoms with Crippen LogP contribution in [0.3, 0.4) is 0 Å². The first-order valence-corrected chi connectivity index (χ1v) is 8.61. The molecule has 0 bridgehead atoms. The molecule has 1 amide bonds. The Morgan fingerprint density at radius 2 is 2.00 bits per heavy atom. The second-order valence-electron chi connectivity index (χ2n) is 6.49. The molecule has 0 saturated carbocycles. The van der Waals surface area contributed by atoms with Gasteiger partial charge in [-0.1, -0.05) is 35.9 Å². The minimum atomic E-state index is -0.532. The number of aliphatic hydroxyl groups excluding tert-OH is 1. The lowest BCUT2D eigenvalue weighted by atomic mass is 9.99. The standard InChI is InChI=1S/C19H19ClN2O2/c20-12-5-6-16-14(10-12)15(7-8-18(23)22-16)21-17-9-11-3-1-2-4-13(11)19(17)24/h1-6,10,15,17,19,21,24H,7-9H2,(H,22,23)/t15?,17-,19-/m0/s1. The molecule has 1 unspecified atom stereocenters. The van der Waals surface area contributed by atoms with Crippen LogP contribution in [0.2, 0.25) is 5.02 Å². The number of amides is 1. The van der Waals surface area contributed by atoms with E-state index in [2.05, 4.69) is 16.7 Å². The molecule has 1 aliphatic heterocycles. The van der Waals surface area contributed by atoms with E-state index in [1.165, 1.54) is 5.56 Å². The molecule has 0 saturated heterocycles. The molecule has 0 spiro atoms. The van der Waals surface area contributed by atoms with Gasteiger partial charge in [-0.05, 0) is 47.7 Å². The zero-order valence-corrected chi connectivity index (χ0v) is 13.9. The fourth-order valence-corrected chi connectivity index (χ4v) is 3.92. The number of aliphatic hydroxyl groups is 1. The van der Waals surface area contributed by atoms with E-state index in [-0.39, 0.29) is 18.0 Å². The predicted molar refractivity (Wildman–Crippen MR) is 94.1 cm³/mol. The summed E-state index contributed by atoms with van der Waals surface area (Å²) in [6.07, 6.45) is 1.37. The van der Waals surface area contributed by atoms with Gasteiger partial charge in [0.05, 0.1) is 6.10 Å². The number of nitrogens with one attached hydrogen (secondary N) is 2. The van der Waals surface area contributed by atoms with Crippen molar-refractivity contribution >= 4 is 23.2 Å². The van der Waals surface area contributed by atoms with Gasteiger partial charge in [-0.3, -0.25) is 4.79 Å². The molecule has 2 aliphatic rings. The van der Waals surface area contributed by atoms with Crippen molar-refractivity contribution in [3.05, 3.63) is 64.2 Å². The van der Waals surface area contributed by atoms with Gasteiger partial charge < -0.3 is 15.7 Å². The second kappa shape index (κ2) is 6.20. The van der Waals surface area contributed by atoms with Crippen molar-refractivity contribution in [2.24, 2.45) is 0 Å². The zero-order valence-electron chi connectivity index (χ0n) is 13.1. The Hall–Kier alpha value is -1.88. The smallest absolute Gasteiger partial charge is 0.224 e. The highest BCUT2D eigenvalue weighted by atomic mass is 35.5. The summed E-state index contributed by atoms with van der Waals surface area (Å²) >= 11 is 6.16. The molecular formula is C19H19ClN2O2. The minimum Gasteiger partial charge on any atom is -0.387 e. The molecule has 0 fully saturated rings. The Labute approximate surface area is 145 Å². The molecule has 1 heterocycles. The van der Waals surface area contributed by atoms with Crippen molar-refractivity contribution in [2.75, 3.05) is 5.32 Å². The van der Waals surface area contributed by atoms with Crippen LogP contribution in [0.25, 0.3) is 0 Å². The number of anilines is 1. The van der Waals surface area contributed by atoms with Crippen LogP contribution in [0.15, 0.2) is 42.5 Å². The summed E-state index contributed by atoms with van der Waals surface area (Å²) in [5.41, 5.74) is 3.95. The molecule has 2 aromatic carbocycles. The Morgan fingerprint density at radius 1 is 1.17 bits per heavy atom. The van der Waals surface area contributed by atoms with E-state index >= 15 is 0 Å². The first-order valence-electron chi connectivity index (χ1n) is 8.23. The third-order valence-electron chi connectivity index (χ3n) is 4.93. The SMILES string of the molecule is O=C1CCC(N[C@H]2Cc3ccccc3[C@@H]2O)c2cc(Cl)ccc2N1. The molecule has 4 nitrogen and oxygen atoms in total. The number of carbonyl (C=O) groups is 1. The molecule has 0 aromatic heterocycles. The average molecular weight is 343 g/mol. The third kappa shape index (κ3) is 2.81. The van der Waals surface area contributed by atoms with E-state index in [4.69, 9.17) is 11.6 Å².